The lowest BCUT2D eigenvalue weighted by molar-refractivity contribution is -0.125. The fraction of sp³-hybridized carbons (Fsp3) is 0.278. The zero-order chi connectivity index (χ0) is 19.4. The number of anilines is 1. The molecule has 0 fully saturated rings. The molecule has 2 aromatic heterocycles. The van der Waals surface area contributed by atoms with Crippen LogP contribution in [0.15, 0.2) is 39.6 Å². The molecular weight excluding hydrogens is 352 g/mol. The predicted molar refractivity (Wildman–Crippen MR) is 96.3 cm³/mol. The highest BCUT2D eigenvalue weighted by molar-refractivity contribution is 6.03. The molecule has 9 heteroatoms. The maximum Gasteiger partial charge on any atom is 0.360 e. The normalized spacial score (nSPS) is 11.9. The summed E-state index contributed by atoms with van der Waals surface area (Å²) in [6.07, 6.45) is -0.106. The quantitative estimate of drug-likeness (QED) is 0.637. The number of aryl methyl sites for hydroxylation is 1. The molecule has 0 aliphatic rings. The van der Waals surface area contributed by atoms with Gasteiger partial charge in [-0.2, -0.15) is 5.10 Å². The molecule has 1 atom stereocenters. The largest absolute Gasteiger partial charge is 0.447 e. The van der Waals surface area contributed by atoms with Gasteiger partial charge in [-0.3, -0.25) is 9.59 Å². The molecule has 3 aromatic rings. The van der Waals surface area contributed by atoms with Gasteiger partial charge in [-0.1, -0.05) is 36.7 Å². The zero-order valence-electron chi connectivity index (χ0n) is 14.8. The topological polar surface area (TPSA) is 127 Å². The number of aromatic nitrogens is 3. The van der Waals surface area contributed by atoms with Crippen LogP contribution in [0.3, 0.4) is 0 Å². The minimum Gasteiger partial charge on any atom is -0.447 e. The number of nitrogens with one attached hydrogen (secondary N) is 2. The van der Waals surface area contributed by atoms with E-state index >= 15 is 0 Å². The van der Waals surface area contributed by atoms with Crippen molar-refractivity contribution in [2.75, 3.05) is 5.32 Å². The van der Waals surface area contributed by atoms with Crippen LogP contribution in [-0.2, 0) is 9.53 Å². The lowest BCUT2D eigenvalue weighted by Crippen LogP contribution is -2.33. The third kappa shape index (κ3) is 4.02. The first kappa shape index (κ1) is 18.3. The van der Waals surface area contributed by atoms with Gasteiger partial charge < -0.3 is 14.6 Å². The number of ether oxygens (including phenoxy) is 1. The molecule has 0 saturated heterocycles. The van der Waals surface area contributed by atoms with E-state index in [2.05, 4.69) is 20.7 Å². The van der Waals surface area contributed by atoms with Crippen LogP contribution in [0, 0.1) is 6.92 Å². The van der Waals surface area contributed by atoms with Gasteiger partial charge in [-0.05, 0) is 19.4 Å². The lowest BCUT2D eigenvalue weighted by Gasteiger charge is -2.16. The standard InChI is InChI=1S/C18H18N4O5/c1-3-6-13(17(24)19-14-9-10(2)27-22-14)26-18(25)15-11-7-4-5-8-12(11)16(23)21-20-15/h4-5,7-9,13H,3,6H2,1-2H3,(H,21,23)(H,19,22,24)/t13-/m0/s1. The van der Waals surface area contributed by atoms with Gasteiger partial charge in [0.2, 0.25) is 0 Å². The Bertz CT molecular complexity index is 1040. The Balaban J connectivity index is 1.82. The second kappa shape index (κ2) is 7.81. The van der Waals surface area contributed by atoms with Gasteiger partial charge in [0.05, 0.1) is 5.39 Å². The van der Waals surface area contributed by atoms with Crippen LogP contribution in [0.1, 0.15) is 36.0 Å². The van der Waals surface area contributed by atoms with Crippen molar-refractivity contribution in [3.63, 3.8) is 0 Å². The van der Waals surface area contributed by atoms with E-state index in [4.69, 9.17) is 9.26 Å². The third-order valence-electron chi connectivity index (χ3n) is 3.86. The van der Waals surface area contributed by atoms with E-state index in [1.165, 1.54) is 0 Å². The molecule has 2 N–H and O–H groups in total. The zero-order valence-corrected chi connectivity index (χ0v) is 14.8. The fourth-order valence-electron chi connectivity index (χ4n) is 2.59. The van der Waals surface area contributed by atoms with Crippen molar-refractivity contribution in [2.24, 2.45) is 0 Å². The van der Waals surface area contributed by atoms with E-state index in [1.807, 2.05) is 6.92 Å². The maximum atomic E-state index is 12.6. The molecule has 2 heterocycles. The Labute approximate surface area is 153 Å². The molecule has 140 valence electrons. The summed E-state index contributed by atoms with van der Waals surface area (Å²) >= 11 is 0. The molecule has 9 nitrogen and oxygen atoms in total. The fourth-order valence-corrected chi connectivity index (χ4v) is 2.59. The summed E-state index contributed by atoms with van der Waals surface area (Å²) in [5.41, 5.74) is -0.470. The summed E-state index contributed by atoms with van der Waals surface area (Å²) in [5.74, 6) is -0.542. The van der Waals surface area contributed by atoms with Gasteiger partial charge in [-0.15, -0.1) is 0 Å². The van der Waals surface area contributed by atoms with Crippen molar-refractivity contribution in [3.8, 4) is 0 Å². The summed E-state index contributed by atoms with van der Waals surface area (Å²) in [7, 11) is 0. The molecule has 0 aliphatic carbocycles. The number of rotatable bonds is 6. The van der Waals surface area contributed by atoms with Gasteiger partial charge in [0.25, 0.3) is 11.5 Å². The molecular formula is C18H18N4O5. The van der Waals surface area contributed by atoms with E-state index < -0.39 is 23.5 Å². The van der Waals surface area contributed by atoms with Crippen LogP contribution in [0.2, 0.25) is 0 Å². The van der Waals surface area contributed by atoms with Crippen LogP contribution >= 0.6 is 0 Å². The minimum atomic E-state index is -1.04. The molecule has 0 radical (unpaired) electrons. The smallest absolute Gasteiger partial charge is 0.360 e. The van der Waals surface area contributed by atoms with E-state index in [0.717, 1.165) is 0 Å². The number of hydrogen-bond donors (Lipinski definition) is 2. The first-order valence-corrected chi connectivity index (χ1v) is 8.42. The van der Waals surface area contributed by atoms with Crippen molar-refractivity contribution in [1.29, 1.82) is 0 Å². The summed E-state index contributed by atoms with van der Waals surface area (Å²) < 4.78 is 10.3. The SMILES string of the molecule is CCC[C@H](OC(=O)c1n[nH]c(=O)c2ccccc12)C(=O)Nc1cc(C)on1. The number of amides is 1. The van der Waals surface area contributed by atoms with Gasteiger partial charge in [0.1, 0.15) is 5.76 Å². The Morgan fingerprint density at radius 1 is 1.30 bits per heavy atom. The molecule has 0 aliphatic heterocycles. The first-order valence-electron chi connectivity index (χ1n) is 8.42. The Kier molecular flexibility index (Phi) is 5.30. The van der Waals surface area contributed by atoms with Crippen molar-refractivity contribution in [1.82, 2.24) is 15.4 Å². The highest BCUT2D eigenvalue weighted by Gasteiger charge is 2.26. The maximum absolute atomic E-state index is 12.6. The van der Waals surface area contributed by atoms with Crippen LogP contribution < -0.4 is 10.9 Å². The van der Waals surface area contributed by atoms with Crippen LogP contribution in [0.25, 0.3) is 10.8 Å². The predicted octanol–water partition coefficient (Wildman–Crippen LogP) is 2.18. The number of esters is 1. The monoisotopic (exact) mass is 370 g/mol. The molecule has 0 bridgehead atoms. The van der Waals surface area contributed by atoms with E-state index in [1.54, 1.807) is 37.3 Å². The number of hydrogen-bond acceptors (Lipinski definition) is 7. The molecule has 3 rings (SSSR count). The van der Waals surface area contributed by atoms with Crippen molar-refractivity contribution < 1.29 is 18.8 Å². The number of carbonyl (C=O) groups is 2. The van der Waals surface area contributed by atoms with Crippen molar-refractivity contribution >= 4 is 28.5 Å². The average Bonchev–Trinajstić information content (AvgIpc) is 3.06. The van der Waals surface area contributed by atoms with Gasteiger partial charge in [0, 0.05) is 11.5 Å². The number of H-pyrrole nitrogens is 1. The molecule has 0 unspecified atom stereocenters. The number of carbonyl (C=O) groups excluding carboxylic acids is 2. The van der Waals surface area contributed by atoms with Crippen molar-refractivity contribution in [2.45, 2.75) is 32.8 Å². The average molecular weight is 370 g/mol. The Morgan fingerprint density at radius 2 is 2.04 bits per heavy atom. The summed E-state index contributed by atoms with van der Waals surface area (Å²) in [4.78, 5) is 36.9. The Hall–Kier alpha value is -3.49. The van der Waals surface area contributed by atoms with E-state index in [-0.39, 0.29) is 11.5 Å². The number of aromatic amines is 1. The van der Waals surface area contributed by atoms with Crippen molar-refractivity contribution in [3.05, 3.63) is 52.1 Å². The van der Waals surface area contributed by atoms with Crippen LogP contribution in [0.5, 0.6) is 0 Å². The highest BCUT2D eigenvalue weighted by atomic mass is 16.5. The first-order chi connectivity index (χ1) is 13.0. The number of fused-ring (bicyclic) bond motifs is 1. The number of nitrogens with zero attached hydrogens (tertiary/aromatic N) is 2. The third-order valence-corrected chi connectivity index (χ3v) is 3.86. The molecule has 0 spiro atoms. The summed E-state index contributed by atoms with van der Waals surface area (Å²) in [6.45, 7) is 3.56. The van der Waals surface area contributed by atoms with Gasteiger partial charge in [-0.25, -0.2) is 9.89 Å². The van der Waals surface area contributed by atoms with E-state index in [9.17, 15) is 14.4 Å². The van der Waals surface area contributed by atoms with Gasteiger partial charge in [0.15, 0.2) is 17.6 Å². The molecule has 1 amide bonds. The second-order valence-electron chi connectivity index (χ2n) is 5.94. The minimum absolute atomic E-state index is 0.0589. The molecule has 0 saturated carbocycles. The highest BCUT2D eigenvalue weighted by Crippen LogP contribution is 2.16. The molecule has 1 aromatic carbocycles. The van der Waals surface area contributed by atoms with Crippen LogP contribution in [0.4, 0.5) is 5.82 Å². The van der Waals surface area contributed by atoms with E-state index in [0.29, 0.717) is 29.4 Å². The second-order valence-corrected chi connectivity index (χ2v) is 5.94. The van der Waals surface area contributed by atoms with Gasteiger partial charge >= 0.3 is 5.97 Å². The Morgan fingerprint density at radius 3 is 2.70 bits per heavy atom. The number of benzene rings is 1. The summed E-state index contributed by atoms with van der Waals surface area (Å²) in [6, 6.07) is 8.10. The lowest BCUT2D eigenvalue weighted by atomic mass is 10.1. The van der Waals surface area contributed by atoms with Crippen LogP contribution in [-0.4, -0.2) is 33.3 Å². The molecule has 27 heavy (non-hydrogen) atoms. The summed E-state index contributed by atoms with van der Waals surface area (Å²) in [5, 5.41) is 13.0.